The Bertz CT molecular complexity index is 753. The van der Waals surface area contributed by atoms with Gasteiger partial charge in [0.1, 0.15) is 11.4 Å². The van der Waals surface area contributed by atoms with Crippen LogP contribution in [0.15, 0.2) is 42.5 Å². The number of aromatic nitrogens is 1. The minimum atomic E-state index is -0.347. The van der Waals surface area contributed by atoms with Crippen LogP contribution < -0.4 is 15.5 Å². The second-order valence-electron chi connectivity index (χ2n) is 6.21. The van der Waals surface area contributed by atoms with E-state index in [-0.39, 0.29) is 29.2 Å². The molecule has 0 bridgehead atoms. The van der Waals surface area contributed by atoms with Gasteiger partial charge < -0.3 is 15.5 Å². The van der Waals surface area contributed by atoms with Crippen LogP contribution in [0.4, 0.5) is 11.4 Å². The second kappa shape index (κ2) is 8.99. The van der Waals surface area contributed by atoms with Gasteiger partial charge in [0.15, 0.2) is 0 Å². The molecule has 0 aliphatic rings. The molecule has 0 fully saturated rings. The summed E-state index contributed by atoms with van der Waals surface area (Å²) in [4.78, 5) is 30.9. The van der Waals surface area contributed by atoms with Crippen LogP contribution in [0.2, 0.25) is 0 Å². The molecule has 0 atom stereocenters. The van der Waals surface area contributed by atoms with E-state index in [0.717, 1.165) is 18.8 Å². The molecule has 2 amide bonds. The third kappa shape index (κ3) is 5.05. The molecular formula is C20H26N4O2. The number of hydrogen-bond donors (Lipinski definition) is 2. The molecule has 138 valence electrons. The summed E-state index contributed by atoms with van der Waals surface area (Å²) < 4.78 is 0. The Morgan fingerprint density at radius 3 is 2.08 bits per heavy atom. The zero-order valence-electron chi connectivity index (χ0n) is 15.7. The van der Waals surface area contributed by atoms with Gasteiger partial charge in [-0.3, -0.25) is 9.59 Å². The molecule has 1 aromatic carbocycles. The van der Waals surface area contributed by atoms with E-state index < -0.39 is 0 Å². The molecule has 2 N–H and O–H groups in total. The normalized spacial score (nSPS) is 10.5. The van der Waals surface area contributed by atoms with E-state index in [2.05, 4.69) is 34.4 Å². The number of nitrogens with zero attached hydrogens (tertiary/aromatic N) is 2. The van der Waals surface area contributed by atoms with Crippen LogP contribution in [0.1, 0.15) is 48.7 Å². The van der Waals surface area contributed by atoms with Gasteiger partial charge in [0, 0.05) is 30.5 Å². The number of nitrogens with one attached hydrogen (secondary N) is 2. The molecule has 0 aliphatic carbocycles. The smallest absolute Gasteiger partial charge is 0.274 e. The highest BCUT2D eigenvalue weighted by Crippen LogP contribution is 2.18. The van der Waals surface area contributed by atoms with E-state index in [1.54, 1.807) is 18.2 Å². The number of amides is 2. The summed E-state index contributed by atoms with van der Waals surface area (Å²) in [5.74, 6) is -0.641. The summed E-state index contributed by atoms with van der Waals surface area (Å²) in [7, 11) is 0. The maximum absolute atomic E-state index is 12.4. The number of anilines is 2. The van der Waals surface area contributed by atoms with Gasteiger partial charge in [0.05, 0.1) is 0 Å². The first-order valence-electron chi connectivity index (χ1n) is 8.88. The standard InChI is InChI=1S/C20H26N4O2/c1-5-24(6-2)16-12-10-15(11-13-16)22-20(26)18-9-7-8-17(23-18)19(25)21-14(3)4/h7-14H,5-6H2,1-4H3,(H,21,25)(H,22,26). The maximum Gasteiger partial charge on any atom is 0.274 e. The van der Waals surface area contributed by atoms with Crippen molar-refractivity contribution in [1.29, 1.82) is 0 Å². The van der Waals surface area contributed by atoms with Crippen molar-refractivity contribution in [3.63, 3.8) is 0 Å². The summed E-state index contributed by atoms with van der Waals surface area (Å²) in [5.41, 5.74) is 2.22. The van der Waals surface area contributed by atoms with Crippen LogP contribution >= 0.6 is 0 Å². The fraction of sp³-hybridized carbons (Fsp3) is 0.350. The molecule has 1 heterocycles. The topological polar surface area (TPSA) is 74.3 Å². The lowest BCUT2D eigenvalue weighted by Crippen LogP contribution is -2.31. The van der Waals surface area contributed by atoms with Crippen molar-refractivity contribution >= 4 is 23.2 Å². The number of carbonyl (C=O) groups is 2. The van der Waals surface area contributed by atoms with Gasteiger partial charge in [-0.25, -0.2) is 4.98 Å². The number of pyridine rings is 1. The van der Waals surface area contributed by atoms with Crippen LogP contribution in [0, 0.1) is 0 Å². The van der Waals surface area contributed by atoms with E-state index in [4.69, 9.17) is 0 Å². The van der Waals surface area contributed by atoms with Gasteiger partial charge >= 0.3 is 0 Å². The van der Waals surface area contributed by atoms with E-state index in [1.165, 1.54) is 0 Å². The minimum absolute atomic E-state index is 0.00565. The minimum Gasteiger partial charge on any atom is -0.372 e. The molecule has 26 heavy (non-hydrogen) atoms. The molecule has 2 aromatic rings. The average Bonchev–Trinajstić information content (AvgIpc) is 2.63. The molecule has 0 unspecified atom stereocenters. The van der Waals surface area contributed by atoms with Gasteiger partial charge in [0.2, 0.25) is 0 Å². The van der Waals surface area contributed by atoms with Crippen molar-refractivity contribution in [3.05, 3.63) is 53.9 Å². The third-order valence-electron chi connectivity index (χ3n) is 3.89. The molecule has 0 saturated carbocycles. The monoisotopic (exact) mass is 354 g/mol. The first-order chi connectivity index (χ1) is 12.4. The van der Waals surface area contributed by atoms with Crippen molar-refractivity contribution in [2.45, 2.75) is 33.7 Å². The zero-order valence-corrected chi connectivity index (χ0v) is 15.7. The van der Waals surface area contributed by atoms with Gasteiger partial charge in [-0.15, -0.1) is 0 Å². The van der Waals surface area contributed by atoms with Crippen molar-refractivity contribution in [2.75, 3.05) is 23.3 Å². The molecule has 0 spiro atoms. The van der Waals surface area contributed by atoms with E-state index >= 15 is 0 Å². The Morgan fingerprint density at radius 1 is 0.962 bits per heavy atom. The average molecular weight is 354 g/mol. The summed E-state index contributed by atoms with van der Waals surface area (Å²) >= 11 is 0. The van der Waals surface area contributed by atoms with E-state index in [9.17, 15) is 9.59 Å². The Kier molecular flexibility index (Phi) is 6.72. The molecule has 0 saturated heterocycles. The van der Waals surface area contributed by atoms with Crippen LogP contribution in [0.3, 0.4) is 0 Å². The van der Waals surface area contributed by atoms with Crippen molar-refractivity contribution in [2.24, 2.45) is 0 Å². The Hall–Kier alpha value is -2.89. The predicted molar refractivity (Wildman–Crippen MR) is 105 cm³/mol. The summed E-state index contributed by atoms with van der Waals surface area (Å²) in [6.07, 6.45) is 0. The molecule has 1 aromatic heterocycles. The number of hydrogen-bond acceptors (Lipinski definition) is 4. The van der Waals surface area contributed by atoms with Crippen LogP contribution in [0.25, 0.3) is 0 Å². The van der Waals surface area contributed by atoms with Crippen molar-refractivity contribution < 1.29 is 9.59 Å². The first kappa shape index (κ1) is 19.4. The quantitative estimate of drug-likeness (QED) is 0.800. The molecular weight excluding hydrogens is 328 g/mol. The van der Waals surface area contributed by atoms with Gasteiger partial charge in [-0.2, -0.15) is 0 Å². The third-order valence-corrected chi connectivity index (χ3v) is 3.89. The Morgan fingerprint density at radius 2 is 1.54 bits per heavy atom. The second-order valence-corrected chi connectivity index (χ2v) is 6.21. The summed E-state index contributed by atoms with van der Waals surface area (Å²) in [6, 6.07) is 12.5. The molecule has 6 nitrogen and oxygen atoms in total. The number of carbonyl (C=O) groups excluding carboxylic acids is 2. The van der Waals surface area contributed by atoms with Crippen molar-refractivity contribution in [3.8, 4) is 0 Å². The fourth-order valence-corrected chi connectivity index (χ4v) is 2.56. The van der Waals surface area contributed by atoms with Crippen LogP contribution in [-0.2, 0) is 0 Å². The SMILES string of the molecule is CCN(CC)c1ccc(NC(=O)c2cccc(C(=O)NC(C)C)n2)cc1. The predicted octanol–water partition coefficient (Wildman–Crippen LogP) is 3.32. The molecule has 0 aliphatic heterocycles. The highest BCUT2D eigenvalue weighted by Gasteiger charge is 2.13. The van der Waals surface area contributed by atoms with Gasteiger partial charge in [0.25, 0.3) is 11.8 Å². The summed E-state index contributed by atoms with van der Waals surface area (Å²) in [5, 5.41) is 5.58. The van der Waals surface area contributed by atoms with E-state index in [0.29, 0.717) is 5.69 Å². The van der Waals surface area contributed by atoms with Crippen LogP contribution in [0.5, 0.6) is 0 Å². The van der Waals surface area contributed by atoms with Gasteiger partial charge in [-0.1, -0.05) is 6.07 Å². The highest BCUT2D eigenvalue weighted by atomic mass is 16.2. The first-order valence-corrected chi connectivity index (χ1v) is 8.88. The van der Waals surface area contributed by atoms with Crippen molar-refractivity contribution in [1.82, 2.24) is 10.3 Å². The highest BCUT2D eigenvalue weighted by molar-refractivity contribution is 6.03. The Labute approximate surface area is 154 Å². The van der Waals surface area contributed by atoms with Crippen LogP contribution in [-0.4, -0.2) is 35.9 Å². The summed E-state index contributed by atoms with van der Waals surface area (Å²) in [6.45, 7) is 9.81. The largest absolute Gasteiger partial charge is 0.372 e. The Balaban J connectivity index is 2.09. The van der Waals surface area contributed by atoms with Gasteiger partial charge in [-0.05, 0) is 64.1 Å². The number of rotatable bonds is 7. The maximum atomic E-state index is 12.4. The molecule has 0 radical (unpaired) electrons. The fourth-order valence-electron chi connectivity index (χ4n) is 2.56. The lowest BCUT2D eigenvalue weighted by atomic mass is 10.2. The molecule has 2 rings (SSSR count). The lowest BCUT2D eigenvalue weighted by Gasteiger charge is -2.21. The lowest BCUT2D eigenvalue weighted by molar-refractivity contribution is 0.0938. The number of benzene rings is 1. The van der Waals surface area contributed by atoms with E-state index in [1.807, 2.05) is 38.1 Å². The molecule has 6 heteroatoms. The zero-order chi connectivity index (χ0) is 19.1.